The molecule has 154 valence electrons. The van der Waals surface area contributed by atoms with Gasteiger partial charge in [0.25, 0.3) is 0 Å². The van der Waals surface area contributed by atoms with Crippen LogP contribution >= 0.6 is 27.7 Å². The maximum Gasteiger partial charge on any atom is 0.243 e. The molecule has 1 aromatic heterocycles. The van der Waals surface area contributed by atoms with Crippen LogP contribution in [0.4, 0.5) is 0 Å². The first-order valence-corrected chi connectivity index (χ1v) is 12.3. The van der Waals surface area contributed by atoms with Gasteiger partial charge in [-0.05, 0) is 23.8 Å². The Kier molecular flexibility index (Phi) is 6.99. The van der Waals surface area contributed by atoms with Gasteiger partial charge in [0.05, 0.1) is 4.90 Å². The lowest BCUT2D eigenvalue weighted by molar-refractivity contribution is 0.445. The van der Waals surface area contributed by atoms with Crippen molar-refractivity contribution in [2.24, 2.45) is 0 Å². The Bertz CT molecular complexity index is 1100. The molecule has 10 heteroatoms. The topological polar surface area (TPSA) is 94.1 Å². The van der Waals surface area contributed by atoms with Crippen molar-refractivity contribution >= 4 is 37.7 Å². The molecule has 2 N–H and O–H groups in total. The van der Waals surface area contributed by atoms with E-state index in [0.717, 1.165) is 10.0 Å². The summed E-state index contributed by atoms with van der Waals surface area (Å²) < 4.78 is 29.4. The van der Waals surface area contributed by atoms with Crippen LogP contribution < -0.4 is 5.84 Å². The van der Waals surface area contributed by atoms with E-state index >= 15 is 0 Å². The number of hydrogen-bond acceptors (Lipinski definition) is 6. The van der Waals surface area contributed by atoms with Crippen molar-refractivity contribution in [1.82, 2.24) is 19.2 Å². The van der Waals surface area contributed by atoms with Crippen molar-refractivity contribution in [3.05, 3.63) is 58.6 Å². The molecule has 0 spiro atoms. The number of halogens is 1. The van der Waals surface area contributed by atoms with Crippen LogP contribution in [0.2, 0.25) is 0 Å². The third-order valence-corrected chi connectivity index (χ3v) is 8.23. The zero-order valence-electron chi connectivity index (χ0n) is 16.1. The fraction of sp³-hybridized carbons (Fsp3) is 0.263. The van der Waals surface area contributed by atoms with Crippen LogP contribution in [0.25, 0.3) is 11.4 Å². The monoisotopic (exact) mass is 495 g/mol. The fourth-order valence-corrected chi connectivity index (χ4v) is 5.81. The van der Waals surface area contributed by atoms with E-state index in [2.05, 4.69) is 26.1 Å². The van der Waals surface area contributed by atoms with Gasteiger partial charge in [-0.15, -0.1) is 10.2 Å². The van der Waals surface area contributed by atoms with Crippen LogP contribution in [0.5, 0.6) is 0 Å². The third kappa shape index (κ3) is 4.66. The first-order chi connectivity index (χ1) is 13.9. The summed E-state index contributed by atoms with van der Waals surface area (Å²) in [5.41, 5.74) is 1.72. The molecule has 0 radical (unpaired) electrons. The Labute approximate surface area is 183 Å². The molecule has 0 aliphatic rings. The summed E-state index contributed by atoms with van der Waals surface area (Å²) in [6, 6.07) is 14.6. The molecule has 0 atom stereocenters. The van der Waals surface area contributed by atoms with Crippen molar-refractivity contribution in [3.63, 3.8) is 0 Å². The van der Waals surface area contributed by atoms with Crippen molar-refractivity contribution in [3.8, 4) is 11.4 Å². The van der Waals surface area contributed by atoms with Gasteiger partial charge in [0.1, 0.15) is 0 Å². The van der Waals surface area contributed by atoms with Crippen LogP contribution in [-0.2, 0) is 15.8 Å². The molecule has 0 aliphatic heterocycles. The van der Waals surface area contributed by atoms with Crippen LogP contribution in [-0.4, -0.2) is 40.7 Å². The number of nitrogens with two attached hydrogens (primary N) is 1. The lowest BCUT2D eigenvalue weighted by Gasteiger charge is -2.18. The largest absolute Gasteiger partial charge is 0.335 e. The van der Waals surface area contributed by atoms with Gasteiger partial charge in [0.15, 0.2) is 5.82 Å². The highest BCUT2D eigenvalue weighted by atomic mass is 79.9. The van der Waals surface area contributed by atoms with Crippen molar-refractivity contribution in [2.75, 3.05) is 18.9 Å². The Morgan fingerprint density at radius 1 is 1.10 bits per heavy atom. The predicted octanol–water partition coefficient (Wildman–Crippen LogP) is 3.74. The smallest absolute Gasteiger partial charge is 0.243 e. The second-order valence-corrected chi connectivity index (χ2v) is 9.91. The first kappa shape index (κ1) is 21.8. The molecule has 0 aliphatic carbocycles. The zero-order chi connectivity index (χ0) is 21.0. The van der Waals surface area contributed by atoms with E-state index in [1.807, 2.05) is 38.1 Å². The van der Waals surface area contributed by atoms with Gasteiger partial charge >= 0.3 is 0 Å². The van der Waals surface area contributed by atoms with Crippen LogP contribution in [0.3, 0.4) is 0 Å². The molecule has 3 aromatic rings. The SMILES string of the molecule is CCN(CC)S(=O)(=O)c1cccc(-c2nnc(SCc3ccccc3Br)n2N)c1. The molecular weight excluding hydrogens is 474 g/mol. The highest BCUT2D eigenvalue weighted by Gasteiger charge is 2.23. The molecule has 0 fully saturated rings. The molecule has 0 saturated carbocycles. The Morgan fingerprint density at radius 2 is 1.83 bits per heavy atom. The number of thioether (sulfide) groups is 1. The molecule has 0 saturated heterocycles. The molecule has 7 nitrogen and oxygen atoms in total. The fourth-order valence-electron chi connectivity index (χ4n) is 2.84. The predicted molar refractivity (Wildman–Crippen MR) is 119 cm³/mol. The molecule has 0 unspecified atom stereocenters. The molecule has 29 heavy (non-hydrogen) atoms. The maximum atomic E-state index is 12.8. The number of hydrogen-bond donors (Lipinski definition) is 1. The Hall–Kier alpha value is -1.88. The van der Waals surface area contributed by atoms with Crippen LogP contribution in [0.1, 0.15) is 19.4 Å². The third-order valence-electron chi connectivity index (χ3n) is 4.41. The van der Waals surface area contributed by atoms with Crippen molar-refractivity contribution in [2.45, 2.75) is 29.7 Å². The Morgan fingerprint density at radius 3 is 2.52 bits per heavy atom. The summed E-state index contributed by atoms with van der Waals surface area (Å²) in [5, 5.41) is 8.90. The summed E-state index contributed by atoms with van der Waals surface area (Å²) in [5.74, 6) is 7.29. The lowest BCUT2D eigenvalue weighted by Crippen LogP contribution is -2.30. The summed E-state index contributed by atoms with van der Waals surface area (Å²) in [7, 11) is -3.56. The van der Waals surface area contributed by atoms with Crippen LogP contribution in [0.15, 0.2) is 63.1 Å². The number of nitrogens with zero attached hydrogens (tertiary/aromatic N) is 4. The van der Waals surface area contributed by atoms with Crippen LogP contribution in [0, 0.1) is 0 Å². The minimum atomic E-state index is -3.56. The van der Waals surface area contributed by atoms with E-state index in [0.29, 0.717) is 35.4 Å². The number of aromatic nitrogens is 3. The molecule has 0 amide bonds. The van der Waals surface area contributed by atoms with Gasteiger partial charge in [-0.3, -0.25) is 0 Å². The quantitative estimate of drug-likeness (QED) is 0.377. The summed E-state index contributed by atoms with van der Waals surface area (Å²) in [4.78, 5) is 0.212. The molecular formula is C19H22BrN5O2S2. The second kappa shape index (κ2) is 9.29. The second-order valence-electron chi connectivity index (χ2n) is 6.17. The zero-order valence-corrected chi connectivity index (χ0v) is 19.3. The summed E-state index contributed by atoms with van der Waals surface area (Å²) in [6.45, 7) is 4.45. The van der Waals surface area contributed by atoms with Gasteiger partial charge in [-0.25, -0.2) is 13.1 Å². The molecule has 2 aromatic carbocycles. The minimum absolute atomic E-state index is 0.212. The normalized spacial score (nSPS) is 11.9. The Balaban J connectivity index is 1.86. The standard InChI is InChI=1S/C19H22BrN5O2S2/c1-3-24(4-2)29(26,27)16-10-7-9-14(12-16)18-22-23-19(25(18)21)28-13-15-8-5-6-11-17(15)20/h5-12H,3-4,13,21H2,1-2H3. The number of rotatable bonds is 8. The average molecular weight is 496 g/mol. The first-order valence-electron chi connectivity index (χ1n) is 9.05. The van der Waals surface area contributed by atoms with Gasteiger partial charge in [-0.1, -0.05) is 71.9 Å². The highest BCUT2D eigenvalue weighted by molar-refractivity contribution is 9.10. The van der Waals surface area contributed by atoms with E-state index in [9.17, 15) is 8.42 Å². The number of benzene rings is 2. The number of nitrogen functional groups attached to an aromatic ring is 1. The average Bonchev–Trinajstić information content (AvgIpc) is 3.08. The van der Waals surface area contributed by atoms with E-state index in [1.54, 1.807) is 24.3 Å². The summed E-state index contributed by atoms with van der Waals surface area (Å²) >= 11 is 4.99. The van der Waals surface area contributed by atoms with Gasteiger partial charge in [0, 0.05) is 28.9 Å². The maximum absolute atomic E-state index is 12.8. The summed E-state index contributed by atoms with van der Waals surface area (Å²) in [6.07, 6.45) is 0. The van der Waals surface area contributed by atoms with E-state index in [4.69, 9.17) is 5.84 Å². The minimum Gasteiger partial charge on any atom is -0.335 e. The lowest BCUT2D eigenvalue weighted by atomic mass is 10.2. The van der Waals surface area contributed by atoms with Crippen molar-refractivity contribution < 1.29 is 8.42 Å². The molecule has 1 heterocycles. The van der Waals surface area contributed by atoms with Gasteiger partial charge in [-0.2, -0.15) is 4.31 Å². The van der Waals surface area contributed by atoms with Gasteiger partial charge in [0.2, 0.25) is 15.2 Å². The highest BCUT2D eigenvalue weighted by Crippen LogP contribution is 2.28. The van der Waals surface area contributed by atoms with E-state index in [-0.39, 0.29) is 4.90 Å². The van der Waals surface area contributed by atoms with Gasteiger partial charge < -0.3 is 5.84 Å². The van der Waals surface area contributed by atoms with E-state index in [1.165, 1.54) is 20.7 Å². The molecule has 0 bridgehead atoms. The van der Waals surface area contributed by atoms with Crippen molar-refractivity contribution in [1.29, 1.82) is 0 Å². The van der Waals surface area contributed by atoms with E-state index < -0.39 is 10.0 Å². The molecule has 3 rings (SSSR count). The number of sulfonamides is 1.